The van der Waals surface area contributed by atoms with Crippen molar-refractivity contribution in [2.45, 2.75) is 26.8 Å². The van der Waals surface area contributed by atoms with Gasteiger partial charge in [-0.25, -0.2) is 0 Å². The van der Waals surface area contributed by atoms with Crippen molar-refractivity contribution in [2.24, 2.45) is 0 Å². The van der Waals surface area contributed by atoms with Crippen molar-refractivity contribution in [3.8, 4) is 17.2 Å². The number of nitrogens with zero attached hydrogens (tertiary/aromatic N) is 1. The number of carbonyl (C=O) groups is 1. The van der Waals surface area contributed by atoms with Gasteiger partial charge in [-0.2, -0.15) is 0 Å². The highest BCUT2D eigenvalue weighted by atomic mass is 35.5. The Morgan fingerprint density at radius 1 is 1.04 bits per heavy atom. The van der Waals surface area contributed by atoms with Gasteiger partial charge in [-0.1, -0.05) is 11.6 Å². The van der Waals surface area contributed by atoms with Gasteiger partial charge in [-0.15, -0.1) is 0 Å². The van der Waals surface area contributed by atoms with Crippen molar-refractivity contribution >= 4 is 17.5 Å². The maximum atomic E-state index is 12.6. The summed E-state index contributed by atoms with van der Waals surface area (Å²) in [6.07, 6.45) is 0.778. The summed E-state index contributed by atoms with van der Waals surface area (Å²) in [6.45, 7) is 5.05. The Kier molecular flexibility index (Phi) is 5.80. The van der Waals surface area contributed by atoms with Gasteiger partial charge in [0.1, 0.15) is 5.75 Å². The van der Waals surface area contributed by atoms with Crippen molar-refractivity contribution in [3.05, 3.63) is 51.5 Å². The topological polar surface area (TPSA) is 48.0 Å². The van der Waals surface area contributed by atoms with E-state index < -0.39 is 0 Å². The van der Waals surface area contributed by atoms with E-state index in [2.05, 4.69) is 0 Å². The van der Waals surface area contributed by atoms with E-state index in [0.717, 1.165) is 28.1 Å². The number of amides is 1. The Labute approximate surface area is 164 Å². The van der Waals surface area contributed by atoms with Gasteiger partial charge in [0.2, 0.25) is 0 Å². The smallest absolute Gasteiger partial charge is 0.260 e. The van der Waals surface area contributed by atoms with Crippen LogP contribution in [0.25, 0.3) is 0 Å². The third-order valence-electron chi connectivity index (χ3n) is 4.84. The van der Waals surface area contributed by atoms with Crippen molar-refractivity contribution < 1.29 is 19.0 Å². The highest BCUT2D eigenvalue weighted by Gasteiger charge is 2.23. The van der Waals surface area contributed by atoms with Crippen LogP contribution in [0, 0.1) is 13.8 Å². The molecule has 0 radical (unpaired) electrons. The quantitative estimate of drug-likeness (QED) is 0.777. The van der Waals surface area contributed by atoms with Crippen LogP contribution in [0.3, 0.4) is 0 Å². The molecule has 0 N–H and O–H groups in total. The Bertz CT molecular complexity index is 842. The molecule has 1 amide bonds. The van der Waals surface area contributed by atoms with Crippen LogP contribution < -0.4 is 14.2 Å². The third-order valence-corrected chi connectivity index (χ3v) is 5.44. The lowest BCUT2D eigenvalue weighted by atomic mass is 9.99. The second-order valence-electron chi connectivity index (χ2n) is 6.70. The van der Waals surface area contributed by atoms with Gasteiger partial charge >= 0.3 is 0 Å². The van der Waals surface area contributed by atoms with Gasteiger partial charge in [-0.05, 0) is 66.8 Å². The van der Waals surface area contributed by atoms with E-state index in [0.29, 0.717) is 30.3 Å². The van der Waals surface area contributed by atoms with E-state index in [1.54, 1.807) is 14.2 Å². The van der Waals surface area contributed by atoms with E-state index in [1.807, 2.05) is 43.0 Å². The molecule has 0 aliphatic carbocycles. The second kappa shape index (κ2) is 8.09. The highest BCUT2D eigenvalue weighted by Crippen LogP contribution is 2.33. The van der Waals surface area contributed by atoms with Crippen LogP contribution in [-0.4, -0.2) is 38.2 Å². The molecule has 2 aromatic rings. The molecule has 0 unspecified atom stereocenters. The maximum Gasteiger partial charge on any atom is 0.260 e. The Hall–Kier alpha value is -2.40. The van der Waals surface area contributed by atoms with Crippen molar-refractivity contribution in [1.29, 1.82) is 0 Å². The molecule has 2 aromatic carbocycles. The van der Waals surface area contributed by atoms with Gasteiger partial charge in [0.15, 0.2) is 18.1 Å². The van der Waals surface area contributed by atoms with Crippen molar-refractivity contribution in [1.82, 2.24) is 4.90 Å². The van der Waals surface area contributed by atoms with E-state index in [-0.39, 0.29) is 12.5 Å². The van der Waals surface area contributed by atoms with Crippen molar-refractivity contribution in [3.63, 3.8) is 0 Å². The summed E-state index contributed by atoms with van der Waals surface area (Å²) in [5.41, 5.74) is 4.13. The number of hydrogen-bond acceptors (Lipinski definition) is 4. The predicted molar refractivity (Wildman–Crippen MR) is 105 cm³/mol. The van der Waals surface area contributed by atoms with Gasteiger partial charge in [-0.3, -0.25) is 4.79 Å². The predicted octanol–water partition coefficient (Wildman–Crippen LogP) is 3.94. The molecule has 0 bridgehead atoms. The number of hydrogen-bond donors (Lipinski definition) is 0. The molecule has 5 nitrogen and oxygen atoms in total. The Morgan fingerprint density at radius 2 is 1.63 bits per heavy atom. The van der Waals surface area contributed by atoms with E-state index >= 15 is 0 Å². The molecular weight excluding hydrogens is 366 g/mol. The first kappa shape index (κ1) is 19.4. The fourth-order valence-corrected chi connectivity index (χ4v) is 3.43. The largest absolute Gasteiger partial charge is 0.493 e. The molecule has 6 heteroatoms. The molecule has 1 aliphatic rings. The number of halogens is 1. The summed E-state index contributed by atoms with van der Waals surface area (Å²) in [6, 6.07) is 7.64. The monoisotopic (exact) mass is 389 g/mol. The summed E-state index contributed by atoms with van der Waals surface area (Å²) in [4.78, 5) is 14.4. The van der Waals surface area contributed by atoms with Crippen LogP contribution in [0.4, 0.5) is 0 Å². The summed E-state index contributed by atoms with van der Waals surface area (Å²) in [7, 11) is 3.24. The number of benzene rings is 2. The molecule has 0 fully saturated rings. The standard InChI is InChI=1S/C21H24ClNO4/c1-13-7-17(8-14(2)21(13)22)27-12-20(24)23-6-5-15-9-18(25-3)19(26-4)10-16(15)11-23/h7-10H,5-6,11-12H2,1-4H3. The first-order valence-electron chi connectivity index (χ1n) is 8.84. The fraction of sp³-hybridized carbons (Fsp3) is 0.381. The van der Waals surface area contributed by atoms with Gasteiger partial charge in [0.05, 0.1) is 14.2 Å². The third kappa shape index (κ3) is 4.14. The zero-order valence-corrected chi connectivity index (χ0v) is 16.9. The molecule has 144 valence electrons. The number of rotatable bonds is 5. The van der Waals surface area contributed by atoms with E-state index in [4.69, 9.17) is 25.8 Å². The lowest BCUT2D eigenvalue weighted by molar-refractivity contribution is -0.134. The molecule has 0 saturated carbocycles. The molecule has 1 heterocycles. The molecule has 0 atom stereocenters. The van der Waals surface area contributed by atoms with Gasteiger partial charge in [0.25, 0.3) is 5.91 Å². The maximum absolute atomic E-state index is 12.6. The first-order valence-corrected chi connectivity index (χ1v) is 9.21. The molecule has 27 heavy (non-hydrogen) atoms. The second-order valence-corrected chi connectivity index (χ2v) is 7.08. The molecule has 0 aromatic heterocycles. The summed E-state index contributed by atoms with van der Waals surface area (Å²) in [5, 5.41) is 0.727. The first-order chi connectivity index (χ1) is 12.9. The average Bonchev–Trinajstić information content (AvgIpc) is 2.68. The summed E-state index contributed by atoms with van der Waals surface area (Å²) >= 11 is 6.18. The Morgan fingerprint density at radius 3 is 2.22 bits per heavy atom. The molecule has 1 aliphatic heterocycles. The Balaban J connectivity index is 1.67. The van der Waals surface area contributed by atoms with Crippen molar-refractivity contribution in [2.75, 3.05) is 27.4 Å². The SMILES string of the molecule is COc1cc2c(cc1OC)CN(C(=O)COc1cc(C)c(Cl)c(C)c1)CC2. The minimum atomic E-state index is -0.0410. The van der Waals surface area contributed by atoms with E-state index in [9.17, 15) is 4.79 Å². The molecule has 3 rings (SSSR count). The number of ether oxygens (including phenoxy) is 3. The van der Waals surface area contributed by atoms with Crippen LogP contribution in [-0.2, 0) is 17.8 Å². The van der Waals surface area contributed by atoms with Gasteiger partial charge < -0.3 is 19.1 Å². The van der Waals surface area contributed by atoms with Crippen LogP contribution in [0.2, 0.25) is 5.02 Å². The lowest BCUT2D eigenvalue weighted by Gasteiger charge is -2.29. The number of fused-ring (bicyclic) bond motifs is 1. The van der Waals surface area contributed by atoms with Crippen LogP contribution in [0.1, 0.15) is 22.3 Å². The average molecular weight is 390 g/mol. The number of methoxy groups -OCH3 is 2. The summed E-state index contributed by atoms with van der Waals surface area (Å²) in [5.74, 6) is 2.01. The van der Waals surface area contributed by atoms with Crippen LogP contribution >= 0.6 is 11.6 Å². The minimum Gasteiger partial charge on any atom is -0.493 e. The molecular formula is C21H24ClNO4. The van der Waals surface area contributed by atoms with Crippen LogP contribution in [0.15, 0.2) is 24.3 Å². The highest BCUT2D eigenvalue weighted by molar-refractivity contribution is 6.32. The molecule has 0 saturated heterocycles. The van der Waals surface area contributed by atoms with Crippen LogP contribution in [0.5, 0.6) is 17.2 Å². The fourth-order valence-electron chi connectivity index (χ4n) is 3.32. The van der Waals surface area contributed by atoms with E-state index in [1.165, 1.54) is 5.56 Å². The number of aryl methyl sites for hydroxylation is 2. The molecule has 0 spiro atoms. The number of carbonyl (C=O) groups excluding carboxylic acids is 1. The summed E-state index contributed by atoms with van der Waals surface area (Å²) < 4.78 is 16.4. The van der Waals surface area contributed by atoms with Gasteiger partial charge in [0, 0.05) is 18.1 Å². The normalized spacial score (nSPS) is 13.1. The zero-order chi connectivity index (χ0) is 19.6. The minimum absolute atomic E-state index is 0.00311. The zero-order valence-electron chi connectivity index (χ0n) is 16.1. The lowest BCUT2D eigenvalue weighted by Crippen LogP contribution is -2.38.